The minimum absolute atomic E-state index is 0.206. The monoisotopic (exact) mass is 275 g/mol. The standard InChI is InChI=1S/C17H25NO2/c1-13(2)16-7-6-15(12-14(16)3)17(19)20-11-10-18-8-4-5-9-18/h6-7,12-13H,4-5,8-11H2,1-3H3. The van der Waals surface area contributed by atoms with Crippen molar-refractivity contribution in [3.05, 3.63) is 34.9 Å². The van der Waals surface area contributed by atoms with Crippen LogP contribution in [0.3, 0.4) is 0 Å². The summed E-state index contributed by atoms with van der Waals surface area (Å²) in [5.41, 5.74) is 3.11. The number of likely N-dealkylation sites (tertiary alicyclic amines) is 1. The third-order valence-corrected chi connectivity index (χ3v) is 3.97. The van der Waals surface area contributed by atoms with Crippen molar-refractivity contribution in [2.75, 3.05) is 26.2 Å². The smallest absolute Gasteiger partial charge is 0.338 e. The first-order valence-corrected chi connectivity index (χ1v) is 7.58. The van der Waals surface area contributed by atoms with Crippen LogP contribution in [0, 0.1) is 6.92 Å². The first kappa shape index (κ1) is 15.0. The van der Waals surface area contributed by atoms with E-state index < -0.39 is 0 Å². The van der Waals surface area contributed by atoms with Crippen LogP contribution < -0.4 is 0 Å². The van der Waals surface area contributed by atoms with Crippen molar-refractivity contribution in [3.8, 4) is 0 Å². The highest BCUT2D eigenvalue weighted by molar-refractivity contribution is 5.89. The first-order chi connectivity index (χ1) is 9.58. The Kier molecular flexibility index (Phi) is 5.18. The normalized spacial score (nSPS) is 15.8. The van der Waals surface area contributed by atoms with Crippen LogP contribution in [0.25, 0.3) is 0 Å². The zero-order chi connectivity index (χ0) is 14.5. The Morgan fingerprint density at radius 2 is 2.00 bits per heavy atom. The Hall–Kier alpha value is -1.35. The van der Waals surface area contributed by atoms with E-state index in [-0.39, 0.29) is 5.97 Å². The van der Waals surface area contributed by atoms with Crippen molar-refractivity contribution in [1.82, 2.24) is 4.90 Å². The molecule has 2 rings (SSSR count). The fourth-order valence-corrected chi connectivity index (χ4v) is 2.81. The number of benzene rings is 1. The van der Waals surface area contributed by atoms with Gasteiger partial charge in [-0.1, -0.05) is 19.9 Å². The fraction of sp³-hybridized carbons (Fsp3) is 0.588. The molecule has 0 bridgehead atoms. The Morgan fingerprint density at radius 3 is 2.60 bits per heavy atom. The third-order valence-electron chi connectivity index (χ3n) is 3.97. The summed E-state index contributed by atoms with van der Waals surface area (Å²) in [6, 6.07) is 5.85. The highest BCUT2D eigenvalue weighted by Crippen LogP contribution is 2.20. The molecule has 0 aromatic heterocycles. The Bertz CT molecular complexity index is 462. The average Bonchev–Trinajstić information content (AvgIpc) is 2.91. The van der Waals surface area contributed by atoms with E-state index in [4.69, 9.17) is 4.74 Å². The van der Waals surface area contributed by atoms with E-state index in [0.29, 0.717) is 18.1 Å². The predicted molar refractivity (Wildman–Crippen MR) is 81.2 cm³/mol. The molecule has 0 N–H and O–H groups in total. The Labute approximate surface area is 121 Å². The van der Waals surface area contributed by atoms with Gasteiger partial charge >= 0.3 is 5.97 Å². The molecule has 3 nitrogen and oxygen atoms in total. The molecule has 1 aromatic carbocycles. The second-order valence-electron chi connectivity index (χ2n) is 5.91. The van der Waals surface area contributed by atoms with Crippen molar-refractivity contribution in [3.63, 3.8) is 0 Å². The number of hydrogen-bond acceptors (Lipinski definition) is 3. The number of ether oxygens (including phenoxy) is 1. The number of hydrogen-bond donors (Lipinski definition) is 0. The average molecular weight is 275 g/mol. The highest BCUT2D eigenvalue weighted by Gasteiger charge is 2.13. The van der Waals surface area contributed by atoms with Crippen molar-refractivity contribution in [1.29, 1.82) is 0 Å². The van der Waals surface area contributed by atoms with Crippen LogP contribution in [-0.2, 0) is 4.74 Å². The number of esters is 1. The van der Waals surface area contributed by atoms with Gasteiger partial charge in [0.2, 0.25) is 0 Å². The third kappa shape index (κ3) is 3.83. The van der Waals surface area contributed by atoms with Gasteiger partial charge in [0, 0.05) is 6.54 Å². The van der Waals surface area contributed by atoms with Gasteiger partial charge in [0.15, 0.2) is 0 Å². The van der Waals surface area contributed by atoms with E-state index in [2.05, 4.69) is 25.7 Å². The molecule has 0 spiro atoms. The molecule has 1 saturated heterocycles. The summed E-state index contributed by atoms with van der Waals surface area (Å²) in [6.07, 6.45) is 2.54. The van der Waals surface area contributed by atoms with Crippen LogP contribution in [0.15, 0.2) is 18.2 Å². The molecule has 1 aliphatic rings. The van der Waals surface area contributed by atoms with Gasteiger partial charge in [0.05, 0.1) is 5.56 Å². The van der Waals surface area contributed by atoms with Crippen LogP contribution in [0.5, 0.6) is 0 Å². The lowest BCUT2D eigenvalue weighted by molar-refractivity contribution is 0.0472. The summed E-state index contributed by atoms with van der Waals surface area (Å²) in [5, 5.41) is 0. The maximum atomic E-state index is 12.0. The molecule has 1 aromatic rings. The largest absolute Gasteiger partial charge is 0.461 e. The summed E-state index contributed by atoms with van der Waals surface area (Å²) < 4.78 is 5.36. The van der Waals surface area contributed by atoms with Gasteiger partial charge in [-0.3, -0.25) is 4.90 Å². The molecule has 0 atom stereocenters. The quantitative estimate of drug-likeness (QED) is 0.772. The van der Waals surface area contributed by atoms with E-state index in [1.165, 1.54) is 18.4 Å². The number of carbonyl (C=O) groups is 1. The second kappa shape index (κ2) is 6.89. The summed E-state index contributed by atoms with van der Waals surface area (Å²) in [5.74, 6) is 0.276. The van der Waals surface area contributed by atoms with Gasteiger partial charge in [-0.2, -0.15) is 0 Å². The van der Waals surface area contributed by atoms with E-state index >= 15 is 0 Å². The van der Waals surface area contributed by atoms with Crippen molar-refractivity contribution >= 4 is 5.97 Å². The summed E-state index contributed by atoms with van der Waals surface area (Å²) in [4.78, 5) is 14.4. The van der Waals surface area contributed by atoms with Crippen molar-refractivity contribution < 1.29 is 9.53 Å². The number of carbonyl (C=O) groups excluding carboxylic acids is 1. The SMILES string of the molecule is Cc1cc(C(=O)OCCN2CCCC2)ccc1C(C)C. The maximum Gasteiger partial charge on any atom is 0.338 e. The van der Waals surface area contributed by atoms with Gasteiger partial charge in [-0.15, -0.1) is 0 Å². The number of nitrogens with zero attached hydrogens (tertiary/aromatic N) is 1. The fourth-order valence-electron chi connectivity index (χ4n) is 2.81. The molecule has 1 heterocycles. The van der Waals surface area contributed by atoms with Crippen LogP contribution in [-0.4, -0.2) is 37.1 Å². The van der Waals surface area contributed by atoms with Crippen LogP contribution >= 0.6 is 0 Å². The second-order valence-corrected chi connectivity index (χ2v) is 5.91. The van der Waals surface area contributed by atoms with Gasteiger partial charge in [-0.25, -0.2) is 4.79 Å². The van der Waals surface area contributed by atoms with E-state index in [9.17, 15) is 4.79 Å². The number of rotatable bonds is 5. The molecule has 0 radical (unpaired) electrons. The summed E-state index contributed by atoms with van der Waals surface area (Å²) >= 11 is 0. The maximum absolute atomic E-state index is 12.0. The van der Waals surface area contributed by atoms with Crippen LogP contribution in [0.4, 0.5) is 0 Å². The minimum Gasteiger partial charge on any atom is -0.461 e. The molecule has 0 aliphatic carbocycles. The molecule has 20 heavy (non-hydrogen) atoms. The van der Waals surface area contributed by atoms with Gasteiger partial charge < -0.3 is 4.74 Å². The lowest BCUT2D eigenvalue weighted by Crippen LogP contribution is -2.25. The van der Waals surface area contributed by atoms with Crippen LogP contribution in [0.1, 0.15) is 54.1 Å². The molecular formula is C17H25NO2. The molecule has 0 unspecified atom stereocenters. The van der Waals surface area contributed by atoms with E-state index in [1.807, 2.05) is 18.2 Å². The molecule has 0 amide bonds. The first-order valence-electron chi connectivity index (χ1n) is 7.58. The molecular weight excluding hydrogens is 250 g/mol. The summed E-state index contributed by atoms with van der Waals surface area (Å²) in [6.45, 7) is 10.0. The van der Waals surface area contributed by atoms with Crippen molar-refractivity contribution in [2.24, 2.45) is 0 Å². The van der Waals surface area contributed by atoms with Crippen LogP contribution in [0.2, 0.25) is 0 Å². The Balaban J connectivity index is 1.87. The van der Waals surface area contributed by atoms with E-state index in [0.717, 1.165) is 25.2 Å². The molecule has 3 heteroatoms. The topological polar surface area (TPSA) is 29.5 Å². The predicted octanol–water partition coefficient (Wildman–Crippen LogP) is 3.37. The zero-order valence-corrected chi connectivity index (χ0v) is 12.8. The molecule has 1 aliphatic heterocycles. The van der Waals surface area contributed by atoms with Gasteiger partial charge in [-0.05, 0) is 62.0 Å². The minimum atomic E-state index is -0.206. The lowest BCUT2D eigenvalue weighted by atomic mass is 9.96. The number of aryl methyl sites for hydroxylation is 1. The highest BCUT2D eigenvalue weighted by atomic mass is 16.5. The van der Waals surface area contributed by atoms with Crippen molar-refractivity contribution in [2.45, 2.75) is 39.5 Å². The Morgan fingerprint density at radius 1 is 1.30 bits per heavy atom. The van der Waals surface area contributed by atoms with Gasteiger partial charge in [0.1, 0.15) is 6.61 Å². The zero-order valence-electron chi connectivity index (χ0n) is 12.8. The molecule has 110 valence electrons. The molecule has 1 fully saturated rings. The summed E-state index contributed by atoms with van der Waals surface area (Å²) in [7, 11) is 0. The molecule has 0 saturated carbocycles. The van der Waals surface area contributed by atoms with E-state index in [1.54, 1.807) is 0 Å². The lowest BCUT2D eigenvalue weighted by Gasteiger charge is -2.15. The van der Waals surface area contributed by atoms with Gasteiger partial charge in [0.25, 0.3) is 0 Å².